The minimum Gasteiger partial charge on any atom is -0.379 e. The number of ether oxygens (including phenoxy) is 1. The van der Waals surface area contributed by atoms with Crippen molar-refractivity contribution in [1.82, 2.24) is 33.4 Å². The van der Waals surface area contributed by atoms with Gasteiger partial charge in [0, 0.05) is 45.5 Å². The van der Waals surface area contributed by atoms with Gasteiger partial charge in [-0.15, -0.1) is 6.58 Å². The van der Waals surface area contributed by atoms with Crippen molar-refractivity contribution in [3.05, 3.63) is 50.9 Å². The van der Waals surface area contributed by atoms with Crippen LogP contribution in [0.2, 0.25) is 0 Å². The van der Waals surface area contributed by atoms with Crippen molar-refractivity contribution in [1.29, 1.82) is 0 Å². The molecule has 4 rings (SSSR count). The number of fused-ring (bicyclic) bond motifs is 1. The molecule has 1 aliphatic rings. The number of hydrogen-bond acceptors (Lipinski definition) is 6. The summed E-state index contributed by atoms with van der Waals surface area (Å²) in [7, 11) is 1.64. The molecule has 0 spiro atoms. The lowest BCUT2D eigenvalue weighted by Crippen LogP contribution is -2.44. The van der Waals surface area contributed by atoms with E-state index in [0.717, 1.165) is 24.5 Å². The quantitative estimate of drug-likeness (QED) is 0.537. The van der Waals surface area contributed by atoms with Crippen LogP contribution in [0.4, 0.5) is 0 Å². The van der Waals surface area contributed by atoms with Gasteiger partial charge >= 0.3 is 5.69 Å². The van der Waals surface area contributed by atoms with E-state index in [9.17, 15) is 9.59 Å². The second-order valence-corrected chi connectivity index (χ2v) is 7.57. The molecule has 1 saturated heterocycles. The molecule has 0 bridgehead atoms. The molecule has 3 aromatic heterocycles. The van der Waals surface area contributed by atoms with Gasteiger partial charge in [-0.05, 0) is 19.9 Å². The SMILES string of the molecule is C=CCn1c(-n2nc(C)cc2C)nc2c1c(=O)n(CCN1CCOCC1)c(=O)n2C. The van der Waals surface area contributed by atoms with Gasteiger partial charge in [-0.2, -0.15) is 10.1 Å². The van der Waals surface area contributed by atoms with Crippen LogP contribution < -0.4 is 11.2 Å². The molecule has 10 heteroatoms. The van der Waals surface area contributed by atoms with Gasteiger partial charge in [0.1, 0.15) is 0 Å². The zero-order valence-corrected chi connectivity index (χ0v) is 17.7. The second-order valence-electron chi connectivity index (χ2n) is 7.57. The first-order valence-corrected chi connectivity index (χ1v) is 10.1. The van der Waals surface area contributed by atoms with E-state index < -0.39 is 0 Å². The summed E-state index contributed by atoms with van der Waals surface area (Å²) < 4.78 is 11.6. The summed E-state index contributed by atoms with van der Waals surface area (Å²) in [4.78, 5) is 33.2. The van der Waals surface area contributed by atoms with Crippen LogP contribution in [0.3, 0.4) is 0 Å². The van der Waals surface area contributed by atoms with Gasteiger partial charge in [0.15, 0.2) is 11.2 Å². The summed E-state index contributed by atoms with van der Waals surface area (Å²) in [6, 6.07) is 1.94. The fraction of sp³-hybridized carbons (Fsp3) is 0.500. The minimum atomic E-state index is -0.371. The molecule has 4 heterocycles. The molecule has 0 amide bonds. The Balaban J connectivity index is 1.86. The second kappa shape index (κ2) is 8.04. The number of morpholine rings is 1. The van der Waals surface area contributed by atoms with Crippen molar-refractivity contribution in [2.45, 2.75) is 26.9 Å². The van der Waals surface area contributed by atoms with Crippen LogP contribution in [-0.4, -0.2) is 66.2 Å². The zero-order valence-electron chi connectivity index (χ0n) is 17.7. The van der Waals surface area contributed by atoms with Gasteiger partial charge in [-0.3, -0.25) is 23.4 Å². The lowest BCUT2D eigenvalue weighted by molar-refractivity contribution is 0.0361. The number of aromatic nitrogens is 6. The van der Waals surface area contributed by atoms with Gasteiger partial charge < -0.3 is 4.74 Å². The number of hydrogen-bond donors (Lipinski definition) is 0. The molecule has 0 aromatic carbocycles. The molecule has 10 nitrogen and oxygen atoms in total. The first kappa shape index (κ1) is 20.3. The first-order chi connectivity index (χ1) is 14.4. The van der Waals surface area contributed by atoms with Gasteiger partial charge in [-0.1, -0.05) is 6.08 Å². The highest BCUT2D eigenvalue weighted by Gasteiger charge is 2.22. The van der Waals surface area contributed by atoms with Crippen LogP contribution in [-0.2, 0) is 24.9 Å². The number of allylic oxidation sites excluding steroid dienone is 1. The third-order valence-electron chi connectivity index (χ3n) is 5.47. The van der Waals surface area contributed by atoms with Crippen LogP contribution in [0.5, 0.6) is 0 Å². The van der Waals surface area contributed by atoms with Crippen molar-refractivity contribution in [2.24, 2.45) is 7.05 Å². The molecule has 30 heavy (non-hydrogen) atoms. The summed E-state index contributed by atoms with van der Waals surface area (Å²) in [5.41, 5.74) is 1.75. The van der Waals surface area contributed by atoms with E-state index in [1.807, 2.05) is 19.9 Å². The Labute approximate surface area is 173 Å². The Bertz CT molecular complexity index is 1210. The summed E-state index contributed by atoms with van der Waals surface area (Å²) >= 11 is 0. The minimum absolute atomic E-state index is 0.315. The zero-order chi connectivity index (χ0) is 21.4. The maximum atomic E-state index is 13.4. The Morgan fingerprint density at radius 3 is 2.53 bits per heavy atom. The Kier molecular flexibility index (Phi) is 5.44. The standard InChI is InChI=1S/C20H27N7O3/c1-5-6-25-16-17(21-19(25)27-15(3)13-14(2)22-27)23(4)20(29)26(18(16)28)8-7-24-9-11-30-12-10-24/h5,13H,1,6-12H2,2-4H3. The van der Waals surface area contributed by atoms with Gasteiger partial charge in [0.25, 0.3) is 5.56 Å². The smallest absolute Gasteiger partial charge is 0.332 e. The Morgan fingerprint density at radius 2 is 1.90 bits per heavy atom. The maximum absolute atomic E-state index is 13.4. The third kappa shape index (κ3) is 3.41. The van der Waals surface area contributed by atoms with Crippen LogP contribution in [0, 0.1) is 13.8 Å². The average molecular weight is 413 g/mol. The molecule has 3 aromatic rings. The number of imidazole rings is 1. The molecular weight excluding hydrogens is 386 g/mol. The monoisotopic (exact) mass is 413 g/mol. The van der Waals surface area contributed by atoms with Gasteiger partial charge in [-0.25, -0.2) is 9.48 Å². The fourth-order valence-electron chi connectivity index (χ4n) is 3.92. The highest BCUT2D eigenvalue weighted by atomic mass is 16.5. The molecule has 0 saturated carbocycles. The highest BCUT2D eigenvalue weighted by Crippen LogP contribution is 2.17. The van der Waals surface area contributed by atoms with E-state index in [1.54, 1.807) is 22.4 Å². The van der Waals surface area contributed by atoms with Gasteiger partial charge in [0.05, 0.1) is 18.9 Å². The average Bonchev–Trinajstić information content (AvgIpc) is 3.27. The summed E-state index contributed by atoms with van der Waals surface area (Å²) in [6.07, 6.45) is 1.71. The third-order valence-corrected chi connectivity index (χ3v) is 5.47. The van der Waals surface area contributed by atoms with Crippen molar-refractivity contribution in [3.8, 4) is 5.95 Å². The molecule has 0 unspecified atom stereocenters. The predicted molar refractivity (Wildman–Crippen MR) is 113 cm³/mol. The predicted octanol–water partition coefficient (Wildman–Crippen LogP) is 0.217. The van der Waals surface area contributed by atoms with Crippen molar-refractivity contribution in [2.75, 3.05) is 32.8 Å². The van der Waals surface area contributed by atoms with Gasteiger partial charge in [0.2, 0.25) is 5.95 Å². The molecule has 0 aliphatic carbocycles. The maximum Gasteiger partial charge on any atom is 0.332 e. The summed E-state index contributed by atoms with van der Waals surface area (Å²) in [6.45, 7) is 11.9. The van der Waals surface area contributed by atoms with E-state index in [1.165, 1.54) is 9.13 Å². The van der Waals surface area contributed by atoms with E-state index >= 15 is 0 Å². The van der Waals surface area contributed by atoms with Crippen molar-refractivity contribution < 1.29 is 4.74 Å². The molecule has 0 N–H and O–H groups in total. The van der Waals surface area contributed by atoms with E-state index in [4.69, 9.17) is 4.74 Å². The van der Waals surface area contributed by atoms with Crippen LogP contribution in [0.15, 0.2) is 28.3 Å². The Hall–Kier alpha value is -2.98. The summed E-state index contributed by atoms with van der Waals surface area (Å²) in [5.74, 6) is 0.494. The molecular formula is C20H27N7O3. The lowest BCUT2D eigenvalue weighted by Gasteiger charge is -2.26. The topological polar surface area (TPSA) is 92.1 Å². The number of nitrogens with zero attached hydrogens (tertiary/aromatic N) is 7. The number of rotatable bonds is 6. The van der Waals surface area contributed by atoms with E-state index in [0.29, 0.717) is 50.0 Å². The van der Waals surface area contributed by atoms with Crippen LogP contribution >= 0.6 is 0 Å². The van der Waals surface area contributed by atoms with E-state index in [2.05, 4.69) is 21.6 Å². The summed E-state index contributed by atoms with van der Waals surface area (Å²) in [5, 5.41) is 4.50. The van der Waals surface area contributed by atoms with Crippen LogP contribution in [0.25, 0.3) is 17.1 Å². The number of aryl methyl sites for hydroxylation is 3. The molecule has 1 fully saturated rings. The first-order valence-electron chi connectivity index (χ1n) is 10.1. The fourth-order valence-corrected chi connectivity index (χ4v) is 3.92. The van der Waals surface area contributed by atoms with Crippen molar-refractivity contribution >= 4 is 11.2 Å². The molecule has 1 aliphatic heterocycles. The van der Waals surface area contributed by atoms with Crippen molar-refractivity contribution in [3.63, 3.8) is 0 Å². The lowest BCUT2D eigenvalue weighted by atomic mass is 10.4. The molecule has 0 radical (unpaired) electrons. The Morgan fingerprint density at radius 1 is 1.17 bits per heavy atom. The highest BCUT2D eigenvalue weighted by molar-refractivity contribution is 5.72. The molecule has 0 atom stereocenters. The normalized spacial score (nSPS) is 15.2. The van der Waals surface area contributed by atoms with Crippen LogP contribution in [0.1, 0.15) is 11.4 Å². The molecule has 160 valence electrons. The van der Waals surface area contributed by atoms with E-state index in [-0.39, 0.29) is 11.2 Å². The largest absolute Gasteiger partial charge is 0.379 e.